The molecule has 3 saturated carbocycles. The van der Waals surface area contributed by atoms with Gasteiger partial charge in [-0.05, 0) is 104 Å². The van der Waals surface area contributed by atoms with Crippen LogP contribution in [0.4, 0.5) is 4.79 Å². The van der Waals surface area contributed by atoms with Crippen molar-refractivity contribution in [2.45, 2.75) is 157 Å². The SMILES string of the molecule is CC(C)CCCCCCNC(=O)O[C@H]1CC[C@@]2(C)C(=CC[C@H]3[C@@H]4CC[C@H]([C@H](C)CCCC(C)C)[C@@]4(C)CC[C@@H]32)C1.[HH]. The van der Waals surface area contributed by atoms with Gasteiger partial charge in [0, 0.05) is 14.4 Å². The van der Waals surface area contributed by atoms with Crippen LogP contribution in [0.15, 0.2) is 11.6 Å². The van der Waals surface area contributed by atoms with E-state index in [1.54, 1.807) is 5.57 Å². The normalized spacial score (nSPS) is 36.0. The number of rotatable bonds is 13. The molecule has 0 unspecified atom stereocenters. The highest BCUT2D eigenvalue weighted by Gasteiger charge is 2.59. The number of allylic oxidation sites excluding steroid dienone is 1. The molecule has 232 valence electrons. The molecule has 4 aliphatic rings. The molecule has 4 aliphatic carbocycles. The summed E-state index contributed by atoms with van der Waals surface area (Å²) in [6.45, 7) is 17.9. The molecule has 8 atom stereocenters. The van der Waals surface area contributed by atoms with Gasteiger partial charge in [0.15, 0.2) is 0 Å². The molecule has 0 bridgehead atoms. The molecule has 3 nitrogen and oxygen atoms in total. The Balaban J connectivity index is 0.00000462. The van der Waals surface area contributed by atoms with Crippen LogP contribution in [0.1, 0.15) is 153 Å². The van der Waals surface area contributed by atoms with E-state index in [0.717, 1.165) is 67.2 Å². The lowest BCUT2D eigenvalue weighted by atomic mass is 9.47. The maximum Gasteiger partial charge on any atom is 0.407 e. The molecule has 0 heterocycles. The number of alkyl carbamates (subject to hydrolysis) is 1. The largest absolute Gasteiger partial charge is 0.446 e. The molecular weight excluding hydrogens is 490 g/mol. The standard InChI is InChI=1S/C37H65NO2.H2/c1-26(2)13-10-8-9-11-24-38-35(39)40-30-20-22-36(6)29(25-30)16-17-31-33-19-18-32(28(5)15-12-14-27(3)4)37(33,7)23-21-34(31)36;/h16,26-28,30-34H,8-15,17-25H2,1-7H3,(H,38,39);1H/t28-,30+,31+,32-,33+,34+,36+,37-;/m1./s1. The van der Waals surface area contributed by atoms with Crippen molar-refractivity contribution in [2.24, 2.45) is 52.3 Å². The molecule has 0 aromatic carbocycles. The van der Waals surface area contributed by atoms with Crippen molar-refractivity contribution in [2.75, 3.05) is 6.54 Å². The Bertz CT molecular complexity index is 854. The number of unbranched alkanes of at least 4 members (excludes halogenated alkanes) is 3. The molecule has 0 aromatic rings. The number of carbonyl (C=O) groups is 1. The Morgan fingerprint density at radius 1 is 0.900 bits per heavy atom. The molecule has 4 rings (SSSR count). The minimum absolute atomic E-state index is 0. The number of nitrogens with one attached hydrogen (secondary N) is 1. The molecule has 40 heavy (non-hydrogen) atoms. The van der Waals surface area contributed by atoms with Gasteiger partial charge in [-0.3, -0.25) is 0 Å². The fourth-order valence-corrected chi connectivity index (χ4v) is 10.2. The molecule has 3 heteroatoms. The van der Waals surface area contributed by atoms with Crippen LogP contribution in [-0.4, -0.2) is 18.7 Å². The second kappa shape index (κ2) is 14.0. The first-order valence-corrected chi connectivity index (χ1v) is 17.7. The van der Waals surface area contributed by atoms with Crippen molar-refractivity contribution in [1.82, 2.24) is 5.32 Å². The summed E-state index contributed by atoms with van der Waals surface area (Å²) in [5.74, 6) is 6.02. The fraction of sp³-hybridized carbons (Fsp3) is 0.919. The molecule has 1 N–H and O–H groups in total. The Hall–Kier alpha value is -0.990. The predicted octanol–water partition coefficient (Wildman–Crippen LogP) is 11.0. The Labute approximate surface area is 249 Å². The number of carbonyl (C=O) groups excluding carboxylic acids is 1. The van der Waals surface area contributed by atoms with Crippen molar-refractivity contribution >= 4 is 6.09 Å². The molecule has 1 amide bonds. The zero-order valence-corrected chi connectivity index (χ0v) is 27.5. The first-order chi connectivity index (χ1) is 19.0. The summed E-state index contributed by atoms with van der Waals surface area (Å²) < 4.78 is 5.96. The summed E-state index contributed by atoms with van der Waals surface area (Å²) in [7, 11) is 0. The number of amides is 1. The lowest BCUT2D eigenvalue weighted by Gasteiger charge is -2.58. The summed E-state index contributed by atoms with van der Waals surface area (Å²) in [4.78, 5) is 12.5. The van der Waals surface area contributed by atoms with Gasteiger partial charge in [-0.2, -0.15) is 0 Å². The minimum Gasteiger partial charge on any atom is -0.446 e. The number of hydrogen-bond donors (Lipinski definition) is 1. The molecule has 0 spiro atoms. The van der Waals surface area contributed by atoms with Crippen molar-refractivity contribution in [3.63, 3.8) is 0 Å². The van der Waals surface area contributed by atoms with E-state index >= 15 is 0 Å². The Kier molecular flexibility index (Phi) is 11.2. The van der Waals surface area contributed by atoms with E-state index < -0.39 is 0 Å². The van der Waals surface area contributed by atoms with Crippen LogP contribution in [-0.2, 0) is 4.74 Å². The van der Waals surface area contributed by atoms with E-state index in [0.29, 0.717) is 10.8 Å². The van der Waals surface area contributed by atoms with E-state index in [1.807, 2.05) is 0 Å². The third-order valence-corrected chi connectivity index (χ3v) is 12.5. The summed E-state index contributed by atoms with van der Waals surface area (Å²) in [5, 5.41) is 3.04. The summed E-state index contributed by atoms with van der Waals surface area (Å²) in [5.41, 5.74) is 2.48. The third-order valence-electron chi connectivity index (χ3n) is 12.5. The Morgan fingerprint density at radius 3 is 2.38 bits per heavy atom. The summed E-state index contributed by atoms with van der Waals surface area (Å²) in [6.07, 6.45) is 23.0. The van der Waals surface area contributed by atoms with E-state index in [2.05, 4.69) is 59.9 Å². The maximum absolute atomic E-state index is 12.5. The Morgan fingerprint density at radius 2 is 1.62 bits per heavy atom. The van der Waals surface area contributed by atoms with Crippen molar-refractivity contribution in [1.29, 1.82) is 0 Å². The summed E-state index contributed by atoms with van der Waals surface area (Å²) in [6, 6.07) is 0. The second-order valence-corrected chi connectivity index (χ2v) is 16.1. The van der Waals surface area contributed by atoms with Crippen LogP contribution in [0, 0.1) is 52.3 Å². The molecule has 0 radical (unpaired) electrons. The maximum atomic E-state index is 12.5. The van der Waals surface area contributed by atoms with Gasteiger partial charge in [0.1, 0.15) is 6.10 Å². The van der Waals surface area contributed by atoms with Crippen LogP contribution < -0.4 is 5.32 Å². The van der Waals surface area contributed by atoms with Crippen LogP contribution in [0.25, 0.3) is 0 Å². The monoisotopic (exact) mass is 558 g/mol. The van der Waals surface area contributed by atoms with E-state index in [-0.39, 0.29) is 13.6 Å². The van der Waals surface area contributed by atoms with Crippen LogP contribution in [0.5, 0.6) is 0 Å². The van der Waals surface area contributed by atoms with Crippen LogP contribution in [0.2, 0.25) is 0 Å². The van der Waals surface area contributed by atoms with Crippen LogP contribution in [0.3, 0.4) is 0 Å². The summed E-state index contributed by atoms with van der Waals surface area (Å²) >= 11 is 0. The zero-order valence-electron chi connectivity index (χ0n) is 27.5. The van der Waals surface area contributed by atoms with Gasteiger partial charge >= 0.3 is 6.09 Å². The first-order valence-electron chi connectivity index (χ1n) is 17.7. The predicted molar refractivity (Wildman–Crippen MR) is 171 cm³/mol. The number of ether oxygens (including phenoxy) is 1. The van der Waals surface area contributed by atoms with Gasteiger partial charge in [-0.25, -0.2) is 4.79 Å². The quantitative estimate of drug-likeness (QED) is 0.181. The van der Waals surface area contributed by atoms with Crippen molar-refractivity contribution in [3.8, 4) is 0 Å². The lowest BCUT2D eigenvalue weighted by Crippen LogP contribution is -2.51. The molecule has 0 aliphatic heterocycles. The van der Waals surface area contributed by atoms with Gasteiger partial charge in [0.25, 0.3) is 0 Å². The van der Waals surface area contributed by atoms with Gasteiger partial charge in [0.2, 0.25) is 0 Å². The molecule has 3 fully saturated rings. The van der Waals surface area contributed by atoms with Crippen molar-refractivity contribution < 1.29 is 11.0 Å². The average Bonchev–Trinajstić information content (AvgIpc) is 3.25. The zero-order chi connectivity index (χ0) is 28.9. The van der Waals surface area contributed by atoms with E-state index in [9.17, 15) is 4.79 Å². The van der Waals surface area contributed by atoms with E-state index in [1.165, 1.54) is 83.5 Å². The second-order valence-electron chi connectivity index (χ2n) is 16.1. The van der Waals surface area contributed by atoms with E-state index in [4.69, 9.17) is 4.74 Å². The van der Waals surface area contributed by atoms with Gasteiger partial charge in [-0.15, -0.1) is 0 Å². The van der Waals surface area contributed by atoms with Crippen molar-refractivity contribution in [3.05, 3.63) is 11.6 Å². The van der Waals surface area contributed by atoms with Crippen LogP contribution >= 0.6 is 0 Å². The smallest absolute Gasteiger partial charge is 0.407 e. The van der Waals surface area contributed by atoms with Gasteiger partial charge < -0.3 is 10.1 Å². The average molecular weight is 558 g/mol. The molecule has 0 aromatic heterocycles. The minimum atomic E-state index is -0.196. The highest BCUT2D eigenvalue weighted by Crippen LogP contribution is 2.67. The highest BCUT2D eigenvalue weighted by atomic mass is 16.6. The fourth-order valence-electron chi connectivity index (χ4n) is 10.2. The molecular formula is C37H67NO2. The third kappa shape index (κ3) is 7.31. The number of fused-ring (bicyclic) bond motifs is 5. The first kappa shape index (κ1) is 31.9. The van der Waals surface area contributed by atoms with Gasteiger partial charge in [-0.1, -0.05) is 105 Å². The lowest BCUT2D eigenvalue weighted by molar-refractivity contribution is -0.0581. The highest BCUT2D eigenvalue weighted by molar-refractivity contribution is 5.67. The number of hydrogen-bond acceptors (Lipinski definition) is 2. The molecule has 0 saturated heterocycles. The van der Waals surface area contributed by atoms with Gasteiger partial charge in [0.05, 0.1) is 0 Å². The topological polar surface area (TPSA) is 38.3 Å².